The SMILES string of the molecule is Cc1nc2c(F)cc(-c3nc(Nc4ccc(CN5CCN(CCCCOC(N)=O)CC5)cn4)ncc3F)cc2n1C(C)C. The molecule has 1 fully saturated rings. The number of hydrogen-bond acceptors (Lipinski definition) is 9. The highest BCUT2D eigenvalue weighted by Crippen LogP contribution is 2.30. The normalized spacial score (nSPS) is 14.5. The molecule has 4 heterocycles. The maximum atomic E-state index is 15.0. The molecule has 1 aliphatic heterocycles. The molecule has 1 aliphatic rings. The van der Waals surface area contributed by atoms with E-state index in [0.29, 0.717) is 29.3 Å². The fraction of sp³-hybridized carbons (Fsp3) is 0.433. The molecule has 11 nitrogen and oxygen atoms in total. The summed E-state index contributed by atoms with van der Waals surface area (Å²) in [5.41, 5.74) is 7.18. The molecular weight excluding hydrogens is 556 g/mol. The Morgan fingerprint density at radius 3 is 2.49 bits per heavy atom. The second kappa shape index (κ2) is 13.4. The third kappa shape index (κ3) is 7.41. The van der Waals surface area contributed by atoms with Gasteiger partial charge in [-0.3, -0.25) is 4.90 Å². The predicted molar refractivity (Wildman–Crippen MR) is 160 cm³/mol. The Morgan fingerprint density at radius 2 is 1.79 bits per heavy atom. The van der Waals surface area contributed by atoms with Crippen LogP contribution in [0, 0.1) is 18.6 Å². The van der Waals surface area contributed by atoms with Gasteiger partial charge in [-0.2, -0.15) is 0 Å². The molecule has 0 bridgehead atoms. The molecule has 0 aliphatic carbocycles. The zero-order valence-electron chi connectivity index (χ0n) is 24.7. The first-order valence-electron chi connectivity index (χ1n) is 14.5. The van der Waals surface area contributed by atoms with Crippen LogP contribution in [0.4, 0.5) is 25.3 Å². The quantitative estimate of drug-likeness (QED) is 0.236. The van der Waals surface area contributed by atoms with Crippen LogP contribution < -0.4 is 11.1 Å². The van der Waals surface area contributed by atoms with Gasteiger partial charge < -0.3 is 25.3 Å². The second-order valence-corrected chi connectivity index (χ2v) is 11.0. The van der Waals surface area contributed by atoms with Crippen LogP contribution in [0.15, 0.2) is 36.7 Å². The first-order valence-corrected chi connectivity index (χ1v) is 14.5. The number of nitrogens with two attached hydrogens (primary N) is 1. The number of hydrogen-bond donors (Lipinski definition) is 2. The van der Waals surface area contributed by atoms with Gasteiger partial charge in [0.05, 0.1) is 18.3 Å². The lowest BCUT2D eigenvalue weighted by atomic mass is 10.1. The number of piperazine rings is 1. The molecule has 0 atom stereocenters. The molecule has 13 heteroatoms. The van der Waals surface area contributed by atoms with Gasteiger partial charge in [-0.15, -0.1) is 0 Å². The Labute approximate surface area is 249 Å². The molecule has 43 heavy (non-hydrogen) atoms. The average Bonchev–Trinajstić information content (AvgIpc) is 3.32. The van der Waals surface area contributed by atoms with E-state index in [9.17, 15) is 9.18 Å². The first kappa shape index (κ1) is 30.2. The van der Waals surface area contributed by atoms with Crippen LogP contribution in [-0.2, 0) is 11.3 Å². The summed E-state index contributed by atoms with van der Waals surface area (Å²) in [5.74, 6) is 0.166. The molecule has 0 radical (unpaired) electrons. The number of imidazole rings is 1. The number of anilines is 2. The lowest BCUT2D eigenvalue weighted by molar-refractivity contribution is 0.120. The van der Waals surface area contributed by atoms with Crippen LogP contribution in [0.2, 0.25) is 0 Å². The number of halogens is 2. The van der Waals surface area contributed by atoms with Crippen molar-refractivity contribution < 1.29 is 18.3 Å². The van der Waals surface area contributed by atoms with E-state index in [1.165, 1.54) is 6.07 Å². The zero-order chi connectivity index (χ0) is 30.5. The van der Waals surface area contributed by atoms with E-state index >= 15 is 4.39 Å². The molecule has 3 aromatic heterocycles. The third-order valence-electron chi connectivity index (χ3n) is 7.51. The molecule has 0 saturated carbocycles. The Kier molecular flexibility index (Phi) is 9.41. The van der Waals surface area contributed by atoms with Crippen molar-refractivity contribution in [2.24, 2.45) is 5.73 Å². The van der Waals surface area contributed by atoms with Gasteiger partial charge in [0, 0.05) is 50.5 Å². The minimum absolute atomic E-state index is 0.0118. The Hall–Kier alpha value is -4.23. The smallest absolute Gasteiger partial charge is 0.404 e. The van der Waals surface area contributed by atoms with Gasteiger partial charge in [0.2, 0.25) is 5.95 Å². The van der Waals surface area contributed by atoms with E-state index < -0.39 is 17.7 Å². The van der Waals surface area contributed by atoms with E-state index in [1.54, 1.807) is 12.3 Å². The number of fused-ring (bicyclic) bond motifs is 1. The summed E-state index contributed by atoms with van der Waals surface area (Å²) in [6.45, 7) is 11.8. The van der Waals surface area contributed by atoms with E-state index in [4.69, 9.17) is 10.5 Å². The van der Waals surface area contributed by atoms with Gasteiger partial charge in [-0.25, -0.2) is 33.5 Å². The molecule has 1 aromatic carbocycles. The lowest BCUT2D eigenvalue weighted by Gasteiger charge is -2.34. The van der Waals surface area contributed by atoms with Crippen LogP contribution in [0.5, 0.6) is 0 Å². The van der Waals surface area contributed by atoms with Crippen molar-refractivity contribution in [1.82, 2.24) is 34.3 Å². The summed E-state index contributed by atoms with van der Waals surface area (Å²) in [6, 6.07) is 6.84. The van der Waals surface area contributed by atoms with Crippen molar-refractivity contribution in [2.45, 2.75) is 46.2 Å². The number of carbonyl (C=O) groups excluding carboxylic acids is 1. The van der Waals surface area contributed by atoms with Crippen molar-refractivity contribution in [1.29, 1.82) is 0 Å². The van der Waals surface area contributed by atoms with Crippen molar-refractivity contribution in [2.75, 3.05) is 44.6 Å². The average molecular weight is 594 g/mol. The number of aromatic nitrogens is 5. The summed E-state index contributed by atoms with van der Waals surface area (Å²) in [5, 5.41) is 3.03. The topological polar surface area (TPSA) is 127 Å². The van der Waals surface area contributed by atoms with E-state index in [0.717, 1.165) is 63.9 Å². The number of carbonyl (C=O) groups is 1. The minimum atomic E-state index is -0.724. The molecular formula is C30H37F2N9O2. The fourth-order valence-corrected chi connectivity index (χ4v) is 5.43. The minimum Gasteiger partial charge on any atom is -0.450 e. The Morgan fingerprint density at radius 1 is 1.02 bits per heavy atom. The van der Waals surface area contributed by atoms with Gasteiger partial charge in [0.15, 0.2) is 11.6 Å². The van der Waals surface area contributed by atoms with Crippen molar-refractivity contribution in [3.05, 3.63) is 59.7 Å². The van der Waals surface area contributed by atoms with E-state index in [2.05, 4.69) is 35.1 Å². The number of rotatable bonds is 11. The summed E-state index contributed by atoms with van der Waals surface area (Å²) in [6.07, 6.45) is 3.91. The standard InChI is InChI=1S/C30H37F2N9O2/c1-19(2)41-20(3)36-28-23(31)14-22(15-25(28)41)27-24(32)17-35-30(38-27)37-26-7-6-21(16-34-26)18-40-11-9-39(10-12-40)8-4-5-13-43-29(33)42/h6-7,14-17,19H,4-5,8-13,18H2,1-3H3,(H2,33,42)(H,34,35,37,38). The lowest BCUT2D eigenvalue weighted by Crippen LogP contribution is -2.46. The zero-order valence-corrected chi connectivity index (χ0v) is 24.7. The van der Waals surface area contributed by atoms with Crippen molar-refractivity contribution in [3.8, 4) is 11.3 Å². The van der Waals surface area contributed by atoms with Crippen LogP contribution >= 0.6 is 0 Å². The van der Waals surface area contributed by atoms with Crippen LogP contribution in [0.3, 0.4) is 0 Å². The largest absolute Gasteiger partial charge is 0.450 e. The molecule has 1 amide bonds. The highest BCUT2D eigenvalue weighted by atomic mass is 19.1. The summed E-state index contributed by atoms with van der Waals surface area (Å²) >= 11 is 0. The van der Waals surface area contributed by atoms with Crippen LogP contribution in [0.1, 0.15) is 44.1 Å². The highest BCUT2D eigenvalue weighted by Gasteiger charge is 2.19. The maximum Gasteiger partial charge on any atom is 0.404 e. The number of nitrogens with zero attached hydrogens (tertiary/aromatic N) is 7. The van der Waals surface area contributed by atoms with E-state index in [1.807, 2.05) is 37.5 Å². The van der Waals surface area contributed by atoms with Crippen LogP contribution in [0.25, 0.3) is 22.3 Å². The van der Waals surface area contributed by atoms with E-state index in [-0.39, 0.29) is 23.2 Å². The van der Waals surface area contributed by atoms with Gasteiger partial charge in [0.1, 0.15) is 22.9 Å². The molecule has 228 valence electrons. The second-order valence-electron chi connectivity index (χ2n) is 11.0. The molecule has 1 saturated heterocycles. The third-order valence-corrected chi connectivity index (χ3v) is 7.51. The summed E-state index contributed by atoms with van der Waals surface area (Å²) < 4.78 is 36.6. The van der Waals surface area contributed by atoms with Crippen molar-refractivity contribution >= 4 is 28.9 Å². The van der Waals surface area contributed by atoms with Gasteiger partial charge in [-0.1, -0.05) is 6.07 Å². The number of unbranched alkanes of at least 4 members (excludes halogenated alkanes) is 1. The monoisotopic (exact) mass is 593 g/mol. The molecule has 0 unspecified atom stereocenters. The van der Waals surface area contributed by atoms with Gasteiger partial charge in [-0.05, 0) is 63.9 Å². The first-order chi connectivity index (χ1) is 20.7. The maximum absolute atomic E-state index is 15.0. The number of aryl methyl sites for hydroxylation is 1. The van der Waals surface area contributed by atoms with Crippen molar-refractivity contribution in [3.63, 3.8) is 0 Å². The molecule has 5 rings (SSSR count). The highest BCUT2D eigenvalue weighted by molar-refractivity contribution is 5.83. The number of primary amides is 1. The number of ether oxygens (including phenoxy) is 1. The molecule has 4 aromatic rings. The number of benzene rings is 1. The number of nitrogens with one attached hydrogen (secondary N) is 1. The Bertz CT molecular complexity index is 1570. The van der Waals surface area contributed by atoms with Crippen LogP contribution in [-0.4, -0.2) is 79.7 Å². The molecule has 0 spiro atoms. The Balaban J connectivity index is 1.19. The molecule has 3 N–H and O–H groups in total. The summed E-state index contributed by atoms with van der Waals surface area (Å²) in [4.78, 5) is 32.7. The number of pyridine rings is 1. The predicted octanol–water partition coefficient (Wildman–Crippen LogP) is 4.79. The van der Waals surface area contributed by atoms with Gasteiger partial charge >= 0.3 is 6.09 Å². The van der Waals surface area contributed by atoms with Gasteiger partial charge in [0.25, 0.3) is 0 Å². The summed E-state index contributed by atoms with van der Waals surface area (Å²) in [7, 11) is 0. The number of amides is 1. The fourth-order valence-electron chi connectivity index (χ4n) is 5.43.